The predicted molar refractivity (Wildman–Crippen MR) is 62.0 cm³/mol. The van der Waals surface area contributed by atoms with Crippen LogP contribution in [0.5, 0.6) is 5.88 Å². The van der Waals surface area contributed by atoms with Crippen molar-refractivity contribution in [1.82, 2.24) is 9.78 Å². The highest BCUT2D eigenvalue weighted by molar-refractivity contribution is 5.52. The number of anilines is 1. The lowest BCUT2D eigenvalue weighted by Crippen LogP contribution is -2.25. The van der Waals surface area contributed by atoms with E-state index in [9.17, 15) is 0 Å². The molecule has 0 saturated carbocycles. The lowest BCUT2D eigenvalue weighted by Gasteiger charge is -2.22. The summed E-state index contributed by atoms with van der Waals surface area (Å²) in [5.41, 5.74) is 7.18. The highest BCUT2D eigenvalue weighted by Gasteiger charge is 2.20. The molecule has 1 heterocycles. The van der Waals surface area contributed by atoms with Gasteiger partial charge in [-0.2, -0.15) is 5.10 Å². The molecule has 0 aliphatic rings. The molecule has 0 saturated heterocycles. The first-order chi connectivity index (χ1) is 6.85. The largest absolute Gasteiger partial charge is 0.471 e. The van der Waals surface area contributed by atoms with Gasteiger partial charge in [-0.3, -0.25) is 0 Å². The molecule has 4 heteroatoms. The van der Waals surface area contributed by atoms with Crippen LogP contribution in [0.15, 0.2) is 0 Å². The Balaban J connectivity index is 3.02. The van der Waals surface area contributed by atoms with E-state index in [0.717, 1.165) is 18.7 Å². The number of nitrogens with two attached hydrogens (primary N) is 1. The molecular weight excluding hydrogens is 190 g/mol. The zero-order chi connectivity index (χ0) is 11.6. The highest BCUT2D eigenvalue weighted by atomic mass is 16.5. The van der Waals surface area contributed by atoms with E-state index in [0.29, 0.717) is 11.6 Å². The summed E-state index contributed by atoms with van der Waals surface area (Å²) >= 11 is 0. The quantitative estimate of drug-likeness (QED) is 0.835. The molecule has 0 unspecified atom stereocenters. The Morgan fingerprint density at radius 3 is 2.47 bits per heavy atom. The number of nitrogen functional groups attached to an aromatic ring is 1. The van der Waals surface area contributed by atoms with E-state index in [1.807, 2.05) is 32.4 Å². The molecule has 1 aromatic rings. The van der Waals surface area contributed by atoms with E-state index in [4.69, 9.17) is 10.5 Å². The maximum atomic E-state index is 5.93. The van der Waals surface area contributed by atoms with Crippen LogP contribution in [0.2, 0.25) is 0 Å². The maximum absolute atomic E-state index is 5.93. The summed E-state index contributed by atoms with van der Waals surface area (Å²) in [6.45, 7) is 10.9. The number of aromatic nitrogens is 2. The second-order valence-corrected chi connectivity index (χ2v) is 4.74. The fourth-order valence-electron chi connectivity index (χ4n) is 1.34. The molecule has 0 spiro atoms. The van der Waals surface area contributed by atoms with Crippen molar-refractivity contribution in [2.24, 2.45) is 0 Å². The van der Waals surface area contributed by atoms with E-state index in [-0.39, 0.29) is 5.60 Å². The summed E-state index contributed by atoms with van der Waals surface area (Å²) in [5, 5.41) is 4.35. The molecule has 0 amide bonds. The Kier molecular flexibility index (Phi) is 3.27. The molecule has 0 aliphatic carbocycles. The first kappa shape index (κ1) is 11.9. The van der Waals surface area contributed by atoms with Crippen molar-refractivity contribution in [3.05, 3.63) is 5.69 Å². The zero-order valence-corrected chi connectivity index (χ0v) is 10.3. The molecule has 86 valence electrons. The van der Waals surface area contributed by atoms with E-state index in [1.54, 1.807) is 0 Å². The van der Waals surface area contributed by atoms with E-state index < -0.39 is 0 Å². The molecule has 1 rings (SSSR count). The number of ether oxygens (including phenoxy) is 1. The summed E-state index contributed by atoms with van der Waals surface area (Å²) in [6, 6.07) is 0. The van der Waals surface area contributed by atoms with Crippen LogP contribution in [0.25, 0.3) is 0 Å². The van der Waals surface area contributed by atoms with Crippen LogP contribution in [0.4, 0.5) is 5.69 Å². The van der Waals surface area contributed by atoms with Crippen molar-refractivity contribution in [3.63, 3.8) is 0 Å². The van der Waals surface area contributed by atoms with Crippen LogP contribution >= 0.6 is 0 Å². The van der Waals surface area contributed by atoms with Gasteiger partial charge in [0.25, 0.3) is 0 Å². The minimum absolute atomic E-state index is 0.244. The monoisotopic (exact) mass is 211 g/mol. The Bertz CT molecular complexity index is 336. The van der Waals surface area contributed by atoms with Gasteiger partial charge in [0.1, 0.15) is 11.3 Å². The minimum Gasteiger partial charge on any atom is -0.471 e. The smallest absolute Gasteiger partial charge is 0.236 e. The third kappa shape index (κ3) is 2.88. The lowest BCUT2D eigenvalue weighted by molar-refractivity contribution is 0.116. The van der Waals surface area contributed by atoms with Crippen molar-refractivity contribution < 1.29 is 4.74 Å². The number of aryl methyl sites for hydroxylation is 2. The molecule has 1 aromatic heterocycles. The summed E-state index contributed by atoms with van der Waals surface area (Å²) < 4.78 is 7.66. The molecule has 0 radical (unpaired) electrons. The third-order valence-corrected chi connectivity index (χ3v) is 1.96. The highest BCUT2D eigenvalue weighted by Crippen LogP contribution is 2.28. The summed E-state index contributed by atoms with van der Waals surface area (Å²) in [4.78, 5) is 0. The van der Waals surface area contributed by atoms with Crippen LogP contribution in [-0.4, -0.2) is 15.4 Å². The van der Waals surface area contributed by atoms with E-state index in [2.05, 4.69) is 12.0 Å². The Hall–Kier alpha value is -1.19. The van der Waals surface area contributed by atoms with Crippen LogP contribution in [-0.2, 0) is 6.54 Å². The summed E-state index contributed by atoms with van der Waals surface area (Å²) in [6.07, 6.45) is 1.01. The Labute approximate surface area is 91.4 Å². The average Bonchev–Trinajstić information content (AvgIpc) is 2.32. The van der Waals surface area contributed by atoms with Crippen LogP contribution < -0.4 is 10.5 Å². The van der Waals surface area contributed by atoms with E-state index >= 15 is 0 Å². The summed E-state index contributed by atoms with van der Waals surface area (Å²) in [5.74, 6) is 0.696. The van der Waals surface area contributed by atoms with Crippen LogP contribution in [0.1, 0.15) is 39.8 Å². The topological polar surface area (TPSA) is 53.1 Å². The van der Waals surface area contributed by atoms with Gasteiger partial charge in [0, 0.05) is 6.54 Å². The van der Waals surface area contributed by atoms with E-state index in [1.165, 1.54) is 0 Å². The zero-order valence-electron chi connectivity index (χ0n) is 10.3. The van der Waals surface area contributed by atoms with Gasteiger partial charge in [-0.25, -0.2) is 4.68 Å². The van der Waals surface area contributed by atoms with Gasteiger partial charge in [-0.15, -0.1) is 0 Å². The van der Waals surface area contributed by atoms with Gasteiger partial charge in [0.05, 0.1) is 5.69 Å². The number of nitrogens with zero attached hydrogens (tertiary/aromatic N) is 2. The Morgan fingerprint density at radius 1 is 1.40 bits per heavy atom. The average molecular weight is 211 g/mol. The minimum atomic E-state index is -0.244. The van der Waals surface area contributed by atoms with Gasteiger partial charge >= 0.3 is 0 Å². The molecule has 4 nitrogen and oxygen atoms in total. The van der Waals surface area contributed by atoms with Crippen molar-refractivity contribution in [1.29, 1.82) is 0 Å². The van der Waals surface area contributed by atoms with Crippen molar-refractivity contribution >= 4 is 5.69 Å². The molecular formula is C11H21N3O. The van der Waals surface area contributed by atoms with Gasteiger partial charge in [-0.1, -0.05) is 6.92 Å². The van der Waals surface area contributed by atoms with Crippen LogP contribution in [0, 0.1) is 6.92 Å². The Morgan fingerprint density at radius 2 is 2.00 bits per heavy atom. The second kappa shape index (κ2) is 4.13. The first-order valence-electron chi connectivity index (χ1n) is 5.37. The molecule has 15 heavy (non-hydrogen) atoms. The molecule has 0 bridgehead atoms. The van der Waals surface area contributed by atoms with Crippen molar-refractivity contribution in [2.75, 3.05) is 5.73 Å². The van der Waals surface area contributed by atoms with Gasteiger partial charge in [0.15, 0.2) is 0 Å². The van der Waals surface area contributed by atoms with Gasteiger partial charge < -0.3 is 10.5 Å². The maximum Gasteiger partial charge on any atom is 0.236 e. The first-order valence-corrected chi connectivity index (χ1v) is 5.37. The SMILES string of the molecule is CCCn1nc(C)c(N)c1OC(C)(C)C. The number of rotatable bonds is 3. The fourth-order valence-corrected chi connectivity index (χ4v) is 1.34. The second-order valence-electron chi connectivity index (χ2n) is 4.74. The van der Waals surface area contributed by atoms with Gasteiger partial charge in [0.2, 0.25) is 5.88 Å². The fraction of sp³-hybridized carbons (Fsp3) is 0.727. The normalized spacial score (nSPS) is 11.8. The lowest BCUT2D eigenvalue weighted by atomic mass is 10.2. The van der Waals surface area contributed by atoms with Crippen molar-refractivity contribution in [2.45, 2.75) is 53.2 Å². The molecule has 0 aromatic carbocycles. The van der Waals surface area contributed by atoms with Crippen LogP contribution in [0.3, 0.4) is 0 Å². The summed E-state index contributed by atoms with van der Waals surface area (Å²) in [7, 11) is 0. The molecule has 2 N–H and O–H groups in total. The molecule has 0 atom stereocenters. The van der Waals surface area contributed by atoms with Crippen molar-refractivity contribution in [3.8, 4) is 5.88 Å². The third-order valence-electron chi connectivity index (χ3n) is 1.96. The molecule has 0 fully saturated rings. The number of hydrogen-bond donors (Lipinski definition) is 1. The molecule has 0 aliphatic heterocycles. The van der Waals surface area contributed by atoms with Gasteiger partial charge in [-0.05, 0) is 34.1 Å². The standard InChI is InChI=1S/C11H21N3O/c1-6-7-14-10(15-11(3,4)5)9(12)8(2)13-14/h6-7,12H2,1-5H3. The number of hydrogen-bond acceptors (Lipinski definition) is 3. The predicted octanol–water partition coefficient (Wildman–Crippen LogP) is 2.36.